The molecule has 2 aliphatic heterocycles. The Kier molecular flexibility index (Phi) is 7.08. The van der Waals surface area contributed by atoms with Gasteiger partial charge in [-0.05, 0) is 72.2 Å². The van der Waals surface area contributed by atoms with Crippen LogP contribution in [-0.2, 0) is 0 Å². The number of anilines is 2. The topological polar surface area (TPSA) is 36.0 Å². The Morgan fingerprint density at radius 1 is 0.867 bits per heavy atom. The lowest BCUT2D eigenvalue weighted by Crippen LogP contribution is -2.33. The fourth-order valence-electron chi connectivity index (χ4n) is 3.91. The molecule has 2 aromatic rings. The number of rotatable bonds is 6. The molecule has 160 valence electrons. The summed E-state index contributed by atoms with van der Waals surface area (Å²) in [6, 6.07) is 10.9. The molecule has 5 nitrogen and oxygen atoms in total. The van der Waals surface area contributed by atoms with Gasteiger partial charge in [0.15, 0.2) is 0 Å². The summed E-state index contributed by atoms with van der Waals surface area (Å²) in [7, 11) is 0. The molecule has 0 aliphatic carbocycles. The highest BCUT2D eigenvalue weighted by Crippen LogP contribution is 2.34. The van der Waals surface area contributed by atoms with Gasteiger partial charge >= 0.3 is 6.03 Å². The fraction of sp³-hybridized carbons (Fsp3) is 0.409. The Morgan fingerprint density at radius 3 is 2.23 bits per heavy atom. The van der Waals surface area contributed by atoms with Crippen molar-refractivity contribution in [3.8, 4) is 5.75 Å². The predicted molar refractivity (Wildman–Crippen MR) is 126 cm³/mol. The molecule has 0 N–H and O–H groups in total. The number of urea groups is 1. The van der Waals surface area contributed by atoms with E-state index in [1.54, 1.807) is 21.9 Å². The molecule has 0 unspecified atom stereocenters. The summed E-state index contributed by atoms with van der Waals surface area (Å²) in [6.45, 7) is 5.02. The number of ether oxygens (including phenoxy) is 1. The minimum absolute atomic E-state index is 0.0880. The lowest BCUT2D eigenvalue weighted by atomic mass is 10.1. The van der Waals surface area contributed by atoms with Crippen LogP contribution in [0.1, 0.15) is 19.3 Å². The van der Waals surface area contributed by atoms with Gasteiger partial charge in [-0.25, -0.2) is 4.79 Å². The van der Waals surface area contributed by atoms with E-state index in [-0.39, 0.29) is 6.03 Å². The number of carbonyl (C=O) groups is 1. The fourth-order valence-corrected chi connectivity index (χ4v) is 4.56. The minimum atomic E-state index is -0.0880. The SMILES string of the molecule is O=C1N(c2ccc(Cl)c(Cl)c2)CCN1c1ccc(Br)c(OCCN2CCCCC2)c1. The molecule has 2 heterocycles. The largest absolute Gasteiger partial charge is 0.491 e. The smallest absolute Gasteiger partial charge is 0.329 e. The standard InChI is InChI=1S/C22H24BrCl2N3O2/c23-18-6-4-17(15-21(18)30-13-12-26-8-2-1-3-9-26)28-11-10-27(22(28)29)16-5-7-19(24)20(25)14-16/h4-7,14-15H,1-3,8-13H2. The molecule has 0 saturated carbocycles. The van der Waals surface area contributed by atoms with E-state index >= 15 is 0 Å². The van der Waals surface area contributed by atoms with Crippen molar-refractivity contribution in [3.63, 3.8) is 0 Å². The number of piperidine rings is 1. The summed E-state index contributed by atoms with van der Waals surface area (Å²) in [5.41, 5.74) is 1.56. The van der Waals surface area contributed by atoms with Gasteiger partial charge in [0, 0.05) is 37.1 Å². The third-order valence-electron chi connectivity index (χ3n) is 5.56. The molecule has 0 radical (unpaired) electrons. The molecule has 0 bridgehead atoms. The molecule has 0 aromatic heterocycles. The summed E-state index contributed by atoms with van der Waals surface area (Å²) in [6.07, 6.45) is 3.87. The van der Waals surface area contributed by atoms with E-state index in [1.807, 2.05) is 24.3 Å². The molecule has 2 amide bonds. The highest BCUT2D eigenvalue weighted by Gasteiger charge is 2.31. The van der Waals surface area contributed by atoms with Gasteiger partial charge in [0.1, 0.15) is 12.4 Å². The molecular weight excluding hydrogens is 489 g/mol. The number of amides is 2. The van der Waals surface area contributed by atoms with E-state index in [4.69, 9.17) is 27.9 Å². The van der Waals surface area contributed by atoms with E-state index in [2.05, 4.69) is 20.8 Å². The lowest BCUT2D eigenvalue weighted by molar-refractivity contribution is 0.183. The first kappa shape index (κ1) is 21.8. The van der Waals surface area contributed by atoms with Gasteiger partial charge in [0.2, 0.25) is 0 Å². The first-order valence-electron chi connectivity index (χ1n) is 10.2. The molecule has 30 heavy (non-hydrogen) atoms. The zero-order valence-electron chi connectivity index (χ0n) is 16.6. The Labute approximate surface area is 195 Å². The van der Waals surface area contributed by atoms with E-state index < -0.39 is 0 Å². The van der Waals surface area contributed by atoms with Gasteiger partial charge < -0.3 is 4.74 Å². The number of benzene rings is 2. The molecular formula is C22H24BrCl2N3O2. The maximum Gasteiger partial charge on any atom is 0.329 e. The predicted octanol–water partition coefficient (Wildman–Crippen LogP) is 6.07. The van der Waals surface area contributed by atoms with Crippen LogP contribution in [0.2, 0.25) is 10.0 Å². The summed E-state index contributed by atoms with van der Waals surface area (Å²) >= 11 is 15.7. The van der Waals surface area contributed by atoms with Gasteiger partial charge in [0.05, 0.1) is 14.5 Å². The van der Waals surface area contributed by atoms with Gasteiger partial charge in [-0.1, -0.05) is 29.6 Å². The van der Waals surface area contributed by atoms with Crippen molar-refractivity contribution in [3.05, 3.63) is 50.9 Å². The van der Waals surface area contributed by atoms with Gasteiger partial charge in [0.25, 0.3) is 0 Å². The van der Waals surface area contributed by atoms with Crippen molar-refractivity contribution < 1.29 is 9.53 Å². The quantitative estimate of drug-likeness (QED) is 0.471. The van der Waals surface area contributed by atoms with Gasteiger partial charge in [-0.15, -0.1) is 0 Å². The van der Waals surface area contributed by atoms with Crippen LogP contribution in [0, 0.1) is 0 Å². The molecule has 0 atom stereocenters. The molecule has 2 saturated heterocycles. The average molecular weight is 513 g/mol. The maximum absolute atomic E-state index is 13.0. The number of hydrogen-bond donors (Lipinski definition) is 0. The van der Waals surface area contributed by atoms with Crippen LogP contribution in [0.4, 0.5) is 16.2 Å². The second-order valence-corrected chi connectivity index (χ2v) is 9.22. The lowest BCUT2D eigenvalue weighted by Gasteiger charge is -2.26. The van der Waals surface area contributed by atoms with Crippen LogP contribution in [0.3, 0.4) is 0 Å². The van der Waals surface area contributed by atoms with Crippen LogP contribution < -0.4 is 14.5 Å². The van der Waals surface area contributed by atoms with E-state index in [0.29, 0.717) is 29.7 Å². The number of carbonyl (C=O) groups excluding carboxylic acids is 1. The van der Waals surface area contributed by atoms with Crippen molar-refractivity contribution in [2.45, 2.75) is 19.3 Å². The van der Waals surface area contributed by atoms with Crippen molar-refractivity contribution in [2.24, 2.45) is 0 Å². The molecule has 0 spiro atoms. The Hall–Kier alpha value is -1.47. The Balaban J connectivity index is 1.42. The Bertz CT molecular complexity index is 921. The van der Waals surface area contributed by atoms with Crippen LogP contribution >= 0.6 is 39.1 Å². The van der Waals surface area contributed by atoms with Crippen LogP contribution in [0.25, 0.3) is 0 Å². The first-order valence-corrected chi connectivity index (χ1v) is 11.8. The number of halogens is 3. The monoisotopic (exact) mass is 511 g/mol. The maximum atomic E-state index is 13.0. The summed E-state index contributed by atoms with van der Waals surface area (Å²) in [4.78, 5) is 18.9. The van der Waals surface area contributed by atoms with Crippen molar-refractivity contribution in [1.29, 1.82) is 0 Å². The average Bonchev–Trinajstić information content (AvgIpc) is 3.13. The van der Waals surface area contributed by atoms with Crippen LogP contribution in [0.5, 0.6) is 5.75 Å². The minimum Gasteiger partial charge on any atom is -0.491 e. The van der Waals surface area contributed by atoms with E-state index in [9.17, 15) is 4.79 Å². The summed E-state index contributed by atoms with van der Waals surface area (Å²) in [5, 5.41) is 0.914. The third kappa shape index (κ3) is 4.88. The zero-order chi connectivity index (χ0) is 21.1. The Morgan fingerprint density at radius 2 is 1.53 bits per heavy atom. The summed E-state index contributed by atoms with van der Waals surface area (Å²) < 4.78 is 6.93. The van der Waals surface area contributed by atoms with Crippen molar-refractivity contribution in [2.75, 3.05) is 49.1 Å². The normalized spacial score (nSPS) is 17.6. The van der Waals surface area contributed by atoms with Crippen molar-refractivity contribution >= 4 is 56.5 Å². The van der Waals surface area contributed by atoms with Crippen LogP contribution in [-0.4, -0.2) is 50.3 Å². The highest BCUT2D eigenvalue weighted by molar-refractivity contribution is 9.10. The first-order chi connectivity index (χ1) is 14.5. The number of hydrogen-bond acceptors (Lipinski definition) is 3. The van der Waals surface area contributed by atoms with Gasteiger partial charge in [-0.3, -0.25) is 14.7 Å². The number of likely N-dealkylation sites (tertiary alicyclic amines) is 1. The molecule has 2 aliphatic rings. The van der Waals surface area contributed by atoms with Gasteiger partial charge in [-0.2, -0.15) is 0 Å². The molecule has 2 aromatic carbocycles. The zero-order valence-corrected chi connectivity index (χ0v) is 19.7. The molecule has 4 rings (SSSR count). The molecule has 2 fully saturated rings. The third-order valence-corrected chi connectivity index (χ3v) is 6.96. The van der Waals surface area contributed by atoms with Crippen molar-refractivity contribution in [1.82, 2.24) is 4.90 Å². The second kappa shape index (κ2) is 9.77. The molecule has 8 heteroatoms. The van der Waals surface area contributed by atoms with E-state index in [1.165, 1.54) is 19.3 Å². The summed E-state index contributed by atoms with van der Waals surface area (Å²) in [5.74, 6) is 0.755. The van der Waals surface area contributed by atoms with Crippen LogP contribution in [0.15, 0.2) is 40.9 Å². The van der Waals surface area contributed by atoms with E-state index in [0.717, 1.165) is 41.2 Å². The second-order valence-electron chi connectivity index (χ2n) is 7.55. The highest BCUT2D eigenvalue weighted by atomic mass is 79.9. The number of nitrogens with zero attached hydrogens (tertiary/aromatic N) is 3.